The fourth-order valence-electron chi connectivity index (χ4n) is 2.42. The van der Waals surface area contributed by atoms with Crippen LogP contribution in [0, 0.1) is 18.8 Å². The SMILES string of the molecule is Cc1cc(NC(=O)C2CC2C(=O)N2CCOCC2)no1. The molecule has 2 amide bonds. The van der Waals surface area contributed by atoms with Crippen molar-refractivity contribution in [1.29, 1.82) is 0 Å². The third-order valence-corrected chi connectivity index (χ3v) is 3.65. The number of anilines is 1. The monoisotopic (exact) mass is 279 g/mol. The zero-order chi connectivity index (χ0) is 14.1. The van der Waals surface area contributed by atoms with Gasteiger partial charge in [-0.15, -0.1) is 0 Å². The van der Waals surface area contributed by atoms with Crippen LogP contribution < -0.4 is 5.32 Å². The van der Waals surface area contributed by atoms with E-state index in [0.29, 0.717) is 44.3 Å². The molecule has 0 bridgehead atoms. The zero-order valence-electron chi connectivity index (χ0n) is 11.3. The molecule has 1 aromatic heterocycles. The third kappa shape index (κ3) is 2.67. The van der Waals surface area contributed by atoms with Crippen LogP contribution in [0.4, 0.5) is 5.82 Å². The summed E-state index contributed by atoms with van der Waals surface area (Å²) in [7, 11) is 0. The molecule has 2 atom stereocenters. The molecule has 1 saturated heterocycles. The summed E-state index contributed by atoms with van der Waals surface area (Å²) < 4.78 is 10.1. The summed E-state index contributed by atoms with van der Waals surface area (Å²) in [6.45, 7) is 4.14. The van der Waals surface area contributed by atoms with Crippen LogP contribution in [-0.4, -0.2) is 48.2 Å². The molecule has 7 heteroatoms. The van der Waals surface area contributed by atoms with Crippen molar-refractivity contribution in [3.05, 3.63) is 11.8 Å². The van der Waals surface area contributed by atoms with Crippen LogP contribution in [0.2, 0.25) is 0 Å². The Labute approximate surface area is 116 Å². The van der Waals surface area contributed by atoms with Gasteiger partial charge < -0.3 is 19.5 Å². The van der Waals surface area contributed by atoms with Crippen molar-refractivity contribution in [3.8, 4) is 0 Å². The summed E-state index contributed by atoms with van der Waals surface area (Å²) in [6.07, 6.45) is 0.610. The van der Waals surface area contributed by atoms with Crippen LogP contribution in [-0.2, 0) is 14.3 Å². The lowest BCUT2D eigenvalue weighted by molar-refractivity contribution is -0.137. The van der Waals surface area contributed by atoms with Gasteiger partial charge in [0.1, 0.15) is 5.76 Å². The first-order valence-corrected chi connectivity index (χ1v) is 6.76. The molecule has 1 aliphatic heterocycles. The Balaban J connectivity index is 1.52. The van der Waals surface area contributed by atoms with Gasteiger partial charge in [0.25, 0.3) is 0 Å². The number of amides is 2. The number of nitrogens with zero attached hydrogens (tertiary/aromatic N) is 2. The summed E-state index contributed by atoms with van der Waals surface area (Å²) in [5.41, 5.74) is 0. The van der Waals surface area contributed by atoms with E-state index in [1.165, 1.54) is 0 Å². The lowest BCUT2D eigenvalue weighted by atomic mass is 10.2. The molecule has 2 fully saturated rings. The van der Waals surface area contributed by atoms with Gasteiger partial charge in [-0.2, -0.15) is 0 Å². The summed E-state index contributed by atoms with van der Waals surface area (Å²) in [5, 5.41) is 6.38. The molecule has 0 aromatic carbocycles. The largest absolute Gasteiger partial charge is 0.378 e. The van der Waals surface area contributed by atoms with Gasteiger partial charge in [0, 0.05) is 19.2 Å². The third-order valence-electron chi connectivity index (χ3n) is 3.65. The molecule has 108 valence electrons. The predicted octanol–water partition coefficient (Wildman–Crippen LogP) is 0.416. The van der Waals surface area contributed by atoms with Crippen molar-refractivity contribution in [2.45, 2.75) is 13.3 Å². The first-order chi connectivity index (χ1) is 9.65. The number of ether oxygens (including phenoxy) is 1. The van der Waals surface area contributed by atoms with Gasteiger partial charge >= 0.3 is 0 Å². The normalized spacial score (nSPS) is 25.4. The summed E-state index contributed by atoms with van der Waals surface area (Å²) in [6, 6.07) is 1.65. The van der Waals surface area contributed by atoms with Crippen molar-refractivity contribution in [2.24, 2.45) is 11.8 Å². The van der Waals surface area contributed by atoms with Gasteiger partial charge in [0.05, 0.1) is 25.0 Å². The van der Waals surface area contributed by atoms with Crippen LogP contribution >= 0.6 is 0 Å². The highest BCUT2D eigenvalue weighted by atomic mass is 16.5. The van der Waals surface area contributed by atoms with Crippen molar-refractivity contribution in [3.63, 3.8) is 0 Å². The van der Waals surface area contributed by atoms with Gasteiger partial charge in [0.2, 0.25) is 11.8 Å². The summed E-state index contributed by atoms with van der Waals surface area (Å²) in [4.78, 5) is 26.0. The molecule has 20 heavy (non-hydrogen) atoms. The van der Waals surface area contributed by atoms with Crippen LogP contribution in [0.25, 0.3) is 0 Å². The van der Waals surface area contributed by atoms with E-state index < -0.39 is 0 Å². The van der Waals surface area contributed by atoms with Crippen LogP contribution in [0.15, 0.2) is 10.6 Å². The Morgan fingerprint density at radius 2 is 2.10 bits per heavy atom. The fraction of sp³-hybridized carbons (Fsp3) is 0.615. The number of morpholine rings is 1. The van der Waals surface area contributed by atoms with Crippen molar-refractivity contribution in [1.82, 2.24) is 10.1 Å². The smallest absolute Gasteiger partial charge is 0.229 e. The molecule has 2 heterocycles. The molecule has 2 unspecified atom stereocenters. The lowest BCUT2D eigenvalue weighted by Gasteiger charge is -2.27. The predicted molar refractivity (Wildman–Crippen MR) is 68.9 cm³/mol. The maximum Gasteiger partial charge on any atom is 0.229 e. The Hall–Kier alpha value is -1.89. The molecule has 7 nitrogen and oxygen atoms in total. The molecule has 1 aromatic rings. The van der Waals surface area contributed by atoms with Crippen molar-refractivity contribution >= 4 is 17.6 Å². The van der Waals surface area contributed by atoms with E-state index in [2.05, 4.69) is 10.5 Å². The maximum atomic E-state index is 12.2. The van der Waals surface area contributed by atoms with Gasteiger partial charge in [-0.25, -0.2) is 0 Å². The average molecular weight is 279 g/mol. The molecular formula is C13H17N3O4. The molecular weight excluding hydrogens is 262 g/mol. The van der Waals surface area contributed by atoms with Gasteiger partial charge in [-0.05, 0) is 13.3 Å². The second kappa shape index (κ2) is 5.24. The van der Waals surface area contributed by atoms with Crippen molar-refractivity contribution < 1.29 is 18.8 Å². The first kappa shape index (κ1) is 13.1. The quantitative estimate of drug-likeness (QED) is 0.866. The number of hydrogen-bond donors (Lipinski definition) is 1. The summed E-state index contributed by atoms with van der Waals surface area (Å²) >= 11 is 0. The Kier molecular flexibility index (Phi) is 3.43. The first-order valence-electron chi connectivity index (χ1n) is 6.76. The number of aryl methyl sites for hydroxylation is 1. The van der Waals surface area contributed by atoms with E-state index in [4.69, 9.17) is 9.26 Å². The minimum atomic E-state index is -0.248. The number of carbonyl (C=O) groups excluding carboxylic acids is 2. The highest BCUT2D eigenvalue weighted by Gasteiger charge is 2.49. The second-order valence-electron chi connectivity index (χ2n) is 5.20. The van der Waals surface area contributed by atoms with Crippen LogP contribution in [0.3, 0.4) is 0 Å². The van der Waals surface area contributed by atoms with E-state index in [1.807, 2.05) is 0 Å². The minimum Gasteiger partial charge on any atom is -0.378 e. The summed E-state index contributed by atoms with van der Waals surface area (Å²) in [5.74, 6) is 0.493. The number of carbonyl (C=O) groups is 2. The number of rotatable bonds is 3. The Morgan fingerprint density at radius 1 is 1.35 bits per heavy atom. The van der Waals surface area contributed by atoms with Gasteiger partial charge in [-0.1, -0.05) is 5.16 Å². The van der Waals surface area contributed by atoms with E-state index >= 15 is 0 Å². The van der Waals surface area contributed by atoms with Crippen molar-refractivity contribution in [2.75, 3.05) is 31.6 Å². The fourth-order valence-corrected chi connectivity index (χ4v) is 2.42. The molecule has 1 N–H and O–H groups in total. The van der Waals surface area contributed by atoms with Gasteiger partial charge in [-0.3, -0.25) is 9.59 Å². The molecule has 3 rings (SSSR count). The second-order valence-corrected chi connectivity index (χ2v) is 5.20. The molecule has 0 radical (unpaired) electrons. The van der Waals surface area contributed by atoms with E-state index in [0.717, 1.165) is 0 Å². The Bertz CT molecular complexity index is 521. The standard InChI is InChI=1S/C13H17N3O4/c1-8-6-11(15-20-8)14-12(17)9-7-10(9)13(18)16-2-4-19-5-3-16/h6,9-10H,2-5,7H2,1H3,(H,14,15,17). The highest BCUT2D eigenvalue weighted by Crippen LogP contribution is 2.40. The molecule has 2 aliphatic rings. The topological polar surface area (TPSA) is 84.7 Å². The maximum absolute atomic E-state index is 12.2. The van der Waals surface area contributed by atoms with E-state index in [-0.39, 0.29) is 23.7 Å². The molecule has 1 aliphatic carbocycles. The number of aromatic nitrogens is 1. The van der Waals surface area contributed by atoms with Crippen LogP contribution in [0.1, 0.15) is 12.2 Å². The van der Waals surface area contributed by atoms with Crippen LogP contribution in [0.5, 0.6) is 0 Å². The minimum absolute atomic E-state index is 0.0600. The molecule has 0 spiro atoms. The number of hydrogen-bond acceptors (Lipinski definition) is 5. The highest BCUT2D eigenvalue weighted by molar-refractivity contribution is 5.99. The number of nitrogens with one attached hydrogen (secondary N) is 1. The lowest BCUT2D eigenvalue weighted by Crippen LogP contribution is -2.42. The van der Waals surface area contributed by atoms with E-state index in [1.54, 1.807) is 17.9 Å². The average Bonchev–Trinajstić information content (AvgIpc) is 3.17. The zero-order valence-corrected chi connectivity index (χ0v) is 11.3. The Morgan fingerprint density at radius 3 is 2.75 bits per heavy atom. The van der Waals surface area contributed by atoms with Gasteiger partial charge in [0.15, 0.2) is 5.82 Å². The molecule has 1 saturated carbocycles. The van der Waals surface area contributed by atoms with E-state index in [9.17, 15) is 9.59 Å².